The average molecular weight is 425 g/mol. The minimum atomic E-state index is -0.980. The lowest BCUT2D eigenvalue weighted by Gasteiger charge is -2.21. The fourth-order valence-corrected chi connectivity index (χ4v) is 3.88. The van der Waals surface area contributed by atoms with Crippen molar-refractivity contribution in [1.29, 1.82) is 0 Å². The van der Waals surface area contributed by atoms with Crippen LogP contribution in [0.5, 0.6) is 0 Å². The Morgan fingerprint density at radius 2 is 1.59 bits per heavy atom. The van der Waals surface area contributed by atoms with Gasteiger partial charge in [-0.3, -0.25) is 19.3 Å². The molecule has 0 spiro atoms. The third-order valence-corrected chi connectivity index (χ3v) is 5.57. The minimum Gasteiger partial charge on any atom is -0.323 e. The van der Waals surface area contributed by atoms with Crippen LogP contribution in [0, 0.1) is 6.92 Å². The Kier molecular flexibility index (Phi) is 4.55. The number of anilines is 1. The van der Waals surface area contributed by atoms with Gasteiger partial charge in [0.1, 0.15) is 6.04 Å². The summed E-state index contributed by atoms with van der Waals surface area (Å²) < 4.78 is 1.75. The van der Waals surface area contributed by atoms with Crippen molar-refractivity contribution in [2.75, 3.05) is 5.32 Å². The second-order valence-electron chi connectivity index (χ2n) is 7.62. The Hall–Kier alpha value is -4.33. The highest BCUT2D eigenvalue weighted by molar-refractivity contribution is 6.23. The number of hydrogen-bond donors (Lipinski definition) is 1. The highest BCUT2D eigenvalue weighted by Gasteiger charge is 2.40. The molecule has 1 atom stereocenters. The second-order valence-corrected chi connectivity index (χ2v) is 7.62. The lowest BCUT2D eigenvalue weighted by molar-refractivity contribution is -0.119. The molecule has 0 saturated heterocycles. The number of nitrogens with zero attached hydrogens (tertiary/aromatic N) is 4. The summed E-state index contributed by atoms with van der Waals surface area (Å²) in [7, 11) is 0. The van der Waals surface area contributed by atoms with Crippen LogP contribution in [-0.4, -0.2) is 43.4 Å². The standard InChI is InChI=1S/C24H19N5O3/c1-14-20-12-16(13-25-21(20)29(27-14)17-8-4-3-5-9-17)26-22(30)15(2)28-23(31)18-10-6-7-11-19(18)24(28)32/h3-13,15H,1-2H3,(H,26,30). The Morgan fingerprint density at radius 3 is 2.25 bits per heavy atom. The molecule has 2 aromatic heterocycles. The molecule has 1 aliphatic rings. The number of benzene rings is 2. The van der Waals surface area contributed by atoms with Crippen LogP contribution >= 0.6 is 0 Å². The number of amides is 3. The molecule has 158 valence electrons. The number of aromatic nitrogens is 3. The zero-order valence-corrected chi connectivity index (χ0v) is 17.4. The number of carbonyl (C=O) groups excluding carboxylic acids is 3. The molecule has 1 unspecified atom stereocenters. The van der Waals surface area contributed by atoms with Gasteiger partial charge in [-0.2, -0.15) is 5.10 Å². The minimum absolute atomic E-state index is 0.309. The summed E-state index contributed by atoms with van der Waals surface area (Å²) >= 11 is 0. The van der Waals surface area contributed by atoms with Crippen LogP contribution in [0.3, 0.4) is 0 Å². The highest BCUT2D eigenvalue weighted by atomic mass is 16.2. The van der Waals surface area contributed by atoms with Gasteiger partial charge >= 0.3 is 0 Å². The molecule has 1 N–H and O–H groups in total. The van der Waals surface area contributed by atoms with Crippen LogP contribution < -0.4 is 5.32 Å². The van der Waals surface area contributed by atoms with E-state index < -0.39 is 23.8 Å². The topological polar surface area (TPSA) is 97.2 Å². The first-order valence-electron chi connectivity index (χ1n) is 10.1. The number of hydrogen-bond acceptors (Lipinski definition) is 5. The smallest absolute Gasteiger partial charge is 0.262 e. The van der Waals surface area contributed by atoms with Crippen molar-refractivity contribution in [2.45, 2.75) is 19.9 Å². The molecule has 32 heavy (non-hydrogen) atoms. The monoisotopic (exact) mass is 425 g/mol. The third-order valence-electron chi connectivity index (χ3n) is 5.57. The van der Waals surface area contributed by atoms with Gasteiger partial charge in [-0.05, 0) is 44.2 Å². The normalized spacial score (nSPS) is 14.0. The van der Waals surface area contributed by atoms with E-state index in [-0.39, 0.29) is 0 Å². The largest absolute Gasteiger partial charge is 0.323 e. The van der Waals surface area contributed by atoms with Crippen molar-refractivity contribution in [3.8, 4) is 5.69 Å². The van der Waals surface area contributed by atoms with E-state index in [4.69, 9.17) is 0 Å². The van der Waals surface area contributed by atoms with Gasteiger partial charge < -0.3 is 5.32 Å². The summed E-state index contributed by atoms with van der Waals surface area (Å²) in [5.74, 6) is -1.42. The Morgan fingerprint density at radius 1 is 0.969 bits per heavy atom. The molecule has 3 heterocycles. The Balaban J connectivity index is 1.40. The molecule has 3 amide bonds. The first-order chi connectivity index (χ1) is 15.5. The van der Waals surface area contributed by atoms with E-state index >= 15 is 0 Å². The summed E-state index contributed by atoms with van der Waals surface area (Å²) in [5, 5.41) is 8.13. The average Bonchev–Trinajstić information content (AvgIpc) is 3.28. The zero-order valence-electron chi connectivity index (χ0n) is 17.4. The molecule has 0 aliphatic carbocycles. The van der Waals surface area contributed by atoms with Crippen LogP contribution in [-0.2, 0) is 4.79 Å². The van der Waals surface area contributed by atoms with Gasteiger partial charge in [-0.25, -0.2) is 9.67 Å². The number of para-hydroxylation sites is 1. The number of pyridine rings is 1. The number of imide groups is 1. The fourth-order valence-electron chi connectivity index (χ4n) is 3.88. The van der Waals surface area contributed by atoms with E-state index in [0.717, 1.165) is 21.7 Å². The van der Waals surface area contributed by atoms with Gasteiger partial charge in [0.15, 0.2) is 5.65 Å². The molecule has 5 rings (SSSR count). The number of carbonyl (C=O) groups is 3. The van der Waals surface area contributed by atoms with Gasteiger partial charge in [0, 0.05) is 5.39 Å². The Labute approximate surface area is 183 Å². The molecule has 2 aromatic carbocycles. The molecular weight excluding hydrogens is 406 g/mol. The number of nitrogens with one attached hydrogen (secondary N) is 1. The zero-order chi connectivity index (χ0) is 22.4. The van der Waals surface area contributed by atoms with Crippen molar-refractivity contribution in [3.05, 3.63) is 83.7 Å². The Bertz CT molecular complexity index is 1360. The van der Waals surface area contributed by atoms with E-state index in [2.05, 4.69) is 15.4 Å². The molecule has 8 heteroatoms. The predicted molar refractivity (Wildman–Crippen MR) is 119 cm³/mol. The molecule has 0 bridgehead atoms. The predicted octanol–water partition coefficient (Wildman–Crippen LogP) is 3.35. The molecule has 4 aromatic rings. The molecule has 8 nitrogen and oxygen atoms in total. The van der Waals surface area contributed by atoms with Crippen molar-refractivity contribution in [2.24, 2.45) is 0 Å². The molecule has 0 saturated carbocycles. The lowest BCUT2D eigenvalue weighted by Crippen LogP contribution is -2.45. The van der Waals surface area contributed by atoms with Gasteiger partial charge in [-0.1, -0.05) is 30.3 Å². The highest BCUT2D eigenvalue weighted by Crippen LogP contribution is 2.26. The van der Waals surface area contributed by atoms with Crippen LogP contribution in [0.4, 0.5) is 5.69 Å². The molecule has 0 fully saturated rings. The van der Waals surface area contributed by atoms with Crippen LogP contribution in [0.25, 0.3) is 16.7 Å². The van der Waals surface area contributed by atoms with E-state index in [1.165, 1.54) is 13.1 Å². The third kappa shape index (κ3) is 3.04. The van der Waals surface area contributed by atoms with E-state index in [9.17, 15) is 14.4 Å². The number of rotatable bonds is 4. The molecular formula is C24H19N5O3. The summed E-state index contributed by atoms with van der Waals surface area (Å²) in [4.78, 5) is 43.7. The van der Waals surface area contributed by atoms with E-state index in [0.29, 0.717) is 22.5 Å². The van der Waals surface area contributed by atoms with Crippen LogP contribution in [0.2, 0.25) is 0 Å². The van der Waals surface area contributed by atoms with E-state index in [1.54, 1.807) is 35.0 Å². The maximum Gasteiger partial charge on any atom is 0.262 e. The summed E-state index contributed by atoms with van der Waals surface area (Å²) in [6.45, 7) is 3.40. The maximum atomic E-state index is 12.9. The molecule has 0 radical (unpaired) electrons. The van der Waals surface area contributed by atoms with Crippen molar-refractivity contribution in [3.63, 3.8) is 0 Å². The lowest BCUT2D eigenvalue weighted by atomic mass is 10.1. The van der Waals surface area contributed by atoms with Crippen molar-refractivity contribution < 1.29 is 14.4 Å². The fraction of sp³-hybridized carbons (Fsp3) is 0.125. The van der Waals surface area contributed by atoms with E-state index in [1.807, 2.05) is 37.3 Å². The van der Waals surface area contributed by atoms with Crippen molar-refractivity contribution in [1.82, 2.24) is 19.7 Å². The van der Waals surface area contributed by atoms with Crippen molar-refractivity contribution >= 4 is 34.4 Å². The van der Waals surface area contributed by atoms with Crippen LogP contribution in [0.15, 0.2) is 66.9 Å². The number of aryl methyl sites for hydroxylation is 1. The summed E-state index contributed by atoms with van der Waals surface area (Å²) in [6.07, 6.45) is 1.54. The SMILES string of the molecule is Cc1nn(-c2ccccc2)c2ncc(NC(=O)C(C)N3C(=O)c4ccccc4C3=O)cc12. The molecule has 1 aliphatic heterocycles. The van der Waals surface area contributed by atoms with Crippen LogP contribution in [0.1, 0.15) is 33.3 Å². The second kappa shape index (κ2) is 7.42. The van der Waals surface area contributed by atoms with Gasteiger partial charge in [0.05, 0.1) is 34.4 Å². The first kappa shape index (κ1) is 19.6. The van der Waals surface area contributed by atoms with Gasteiger partial charge in [-0.15, -0.1) is 0 Å². The quantitative estimate of drug-likeness (QED) is 0.506. The van der Waals surface area contributed by atoms with Gasteiger partial charge in [0.25, 0.3) is 11.8 Å². The first-order valence-corrected chi connectivity index (χ1v) is 10.1. The summed E-state index contributed by atoms with van der Waals surface area (Å²) in [6, 6.07) is 17.0. The summed E-state index contributed by atoms with van der Waals surface area (Å²) in [5.41, 5.74) is 3.39. The maximum absolute atomic E-state index is 12.9. The number of fused-ring (bicyclic) bond motifs is 2. The van der Waals surface area contributed by atoms with Gasteiger partial charge in [0.2, 0.25) is 5.91 Å².